The zero-order valence-electron chi connectivity index (χ0n) is 11.4. The first-order chi connectivity index (χ1) is 9.88. The van der Waals surface area contributed by atoms with Crippen molar-refractivity contribution in [3.05, 3.63) is 70.7 Å². The fourth-order valence-corrected chi connectivity index (χ4v) is 2.35. The predicted octanol–water partition coefficient (Wildman–Crippen LogP) is 5.29. The predicted molar refractivity (Wildman–Crippen MR) is 78.2 cm³/mol. The van der Waals surface area contributed by atoms with Gasteiger partial charge in [-0.3, -0.25) is 5.32 Å². The van der Waals surface area contributed by atoms with Gasteiger partial charge in [0.2, 0.25) is 0 Å². The molecule has 5 heteroatoms. The first-order valence-electron chi connectivity index (χ1n) is 6.51. The maximum atomic E-state index is 13.3. The molecular formula is C16H15ClF3N. The molecule has 0 radical (unpaired) electrons. The SMILES string of the molecule is C[C@H](NC(c1ccccc1)C(F)(F)F)c1cccc(Cl)c1. The standard InChI is InChI=1S/C16H15ClF3N/c1-11(13-8-5-9-14(17)10-13)21-15(16(18,19)20)12-6-3-2-4-7-12/h2-11,15,21H,1H3/t11-,15?/m0/s1. The molecule has 2 rings (SSSR count). The summed E-state index contributed by atoms with van der Waals surface area (Å²) in [6, 6.07) is 12.5. The molecule has 21 heavy (non-hydrogen) atoms. The highest BCUT2D eigenvalue weighted by molar-refractivity contribution is 6.30. The molecule has 0 aliphatic carbocycles. The molecule has 0 saturated heterocycles. The summed E-state index contributed by atoms with van der Waals surface area (Å²) < 4.78 is 39.8. The van der Waals surface area contributed by atoms with Crippen LogP contribution in [-0.4, -0.2) is 6.18 Å². The van der Waals surface area contributed by atoms with E-state index in [1.54, 1.807) is 49.4 Å². The van der Waals surface area contributed by atoms with Crippen LogP contribution in [0.25, 0.3) is 0 Å². The maximum Gasteiger partial charge on any atom is 0.407 e. The van der Waals surface area contributed by atoms with E-state index in [2.05, 4.69) is 5.32 Å². The summed E-state index contributed by atoms with van der Waals surface area (Å²) in [5, 5.41) is 3.14. The molecule has 1 nitrogen and oxygen atoms in total. The van der Waals surface area contributed by atoms with Gasteiger partial charge in [0, 0.05) is 11.1 Å². The number of nitrogens with one attached hydrogen (secondary N) is 1. The van der Waals surface area contributed by atoms with E-state index in [9.17, 15) is 13.2 Å². The molecule has 0 bridgehead atoms. The Morgan fingerprint density at radius 3 is 2.14 bits per heavy atom. The van der Waals surface area contributed by atoms with Crippen molar-refractivity contribution in [2.24, 2.45) is 0 Å². The van der Waals surface area contributed by atoms with Crippen molar-refractivity contribution in [1.82, 2.24) is 5.32 Å². The molecule has 0 spiro atoms. The van der Waals surface area contributed by atoms with Crippen LogP contribution in [0.15, 0.2) is 54.6 Å². The molecule has 0 aliphatic rings. The molecule has 0 aliphatic heterocycles. The van der Waals surface area contributed by atoms with E-state index >= 15 is 0 Å². The quantitative estimate of drug-likeness (QED) is 0.808. The molecule has 1 N–H and O–H groups in total. The highest BCUT2D eigenvalue weighted by Gasteiger charge is 2.41. The lowest BCUT2D eigenvalue weighted by atomic mass is 10.0. The average Bonchev–Trinajstić information content (AvgIpc) is 2.44. The molecule has 0 heterocycles. The summed E-state index contributed by atoms with van der Waals surface area (Å²) in [4.78, 5) is 0. The Kier molecular flexibility index (Phi) is 4.91. The van der Waals surface area contributed by atoms with Crippen molar-refractivity contribution in [3.8, 4) is 0 Å². The first kappa shape index (κ1) is 15.9. The van der Waals surface area contributed by atoms with E-state index in [-0.39, 0.29) is 5.56 Å². The number of benzene rings is 2. The van der Waals surface area contributed by atoms with Gasteiger partial charge in [-0.2, -0.15) is 13.2 Å². The van der Waals surface area contributed by atoms with Crippen molar-refractivity contribution >= 4 is 11.6 Å². The fraction of sp³-hybridized carbons (Fsp3) is 0.250. The molecule has 112 valence electrons. The lowest BCUT2D eigenvalue weighted by Gasteiger charge is -2.26. The van der Waals surface area contributed by atoms with Gasteiger partial charge in [-0.25, -0.2) is 0 Å². The first-order valence-corrected chi connectivity index (χ1v) is 6.89. The van der Waals surface area contributed by atoms with Crippen molar-refractivity contribution in [3.63, 3.8) is 0 Å². The van der Waals surface area contributed by atoms with Crippen molar-refractivity contribution in [2.75, 3.05) is 0 Å². The Labute approximate surface area is 126 Å². The number of halogens is 4. The van der Waals surface area contributed by atoms with Gasteiger partial charge in [-0.15, -0.1) is 0 Å². The molecule has 0 fully saturated rings. The van der Waals surface area contributed by atoms with E-state index < -0.39 is 18.3 Å². The van der Waals surface area contributed by atoms with Crippen LogP contribution in [0.3, 0.4) is 0 Å². The maximum absolute atomic E-state index is 13.3. The Balaban J connectivity index is 2.24. The topological polar surface area (TPSA) is 12.0 Å². The van der Waals surface area contributed by atoms with E-state index in [0.29, 0.717) is 10.6 Å². The summed E-state index contributed by atoms with van der Waals surface area (Å²) in [5.74, 6) is 0. The molecule has 0 saturated carbocycles. The third-order valence-electron chi connectivity index (χ3n) is 3.23. The second kappa shape index (κ2) is 6.50. The van der Waals surface area contributed by atoms with Gasteiger partial charge in [0.05, 0.1) is 0 Å². The minimum Gasteiger partial charge on any atom is -0.296 e. The third-order valence-corrected chi connectivity index (χ3v) is 3.46. The number of hydrogen-bond acceptors (Lipinski definition) is 1. The minimum atomic E-state index is -4.37. The molecule has 0 aromatic heterocycles. The number of alkyl halides is 3. The van der Waals surface area contributed by atoms with Crippen LogP contribution in [0.4, 0.5) is 13.2 Å². The molecular weight excluding hydrogens is 299 g/mol. The van der Waals surface area contributed by atoms with Crippen molar-refractivity contribution < 1.29 is 13.2 Å². The average molecular weight is 314 g/mol. The van der Waals surface area contributed by atoms with E-state index in [4.69, 9.17) is 11.6 Å². The van der Waals surface area contributed by atoms with Gasteiger partial charge < -0.3 is 0 Å². The lowest BCUT2D eigenvalue weighted by Crippen LogP contribution is -2.35. The smallest absolute Gasteiger partial charge is 0.296 e. The Hall–Kier alpha value is -1.52. The van der Waals surface area contributed by atoms with Crippen LogP contribution >= 0.6 is 11.6 Å². The summed E-state index contributed by atoms with van der Waals surface area (Å²) in [7, 11) is 0. The number of hydrogen-bond donors (Lipinski definition) is 1. The summed E-state index contributed by atoms with van der Waals surface area (Å²) in [5.41, 5.74) is 0.909. The second-order valence-electron chi connectivity index (χ2n) is 4.83. The normalized spacial score (nSPS) is 14.7. The van der Waals surface area contributed by atoms with E-state index in [1.807, 2.05) is 0 Å². The minimum absolute atomic E-state index is 0.193. The highest BCUT2D eigenvalue weighted by Crippen LogP contribution is 2.34. The zero-order chi connectivity index (χ0) is 15.5. The third kappa shape index (κ3) is 4.22. The Bertz CT molecular complexity index is 584. The van der Waals surface area contributed by atoms with Gasteiger partial charge in [0.1, 0.15) is 6.04 Å². The van der Waals surface area contributed by atoms with Gasteiger partial charge in [0.25, 0.3) is 0 Å². The van der Waals surface area contributed by atoms with Gasteiger partial charge in [0.15, 0.2) is 0 Å². The summed E-state index contributed by atoms with van der Waals surface area (Å²) >= 11 is 5.88. The fourth-order valence-electron chi connectivity index (χ4n) is 2.15. The molecule has 0 amide bonds. The van der Waals surface area contributed by atoms with Crippen LogP contribution in [0.2, 0.25) is 5.02 Å². The Morgan fingerprint density at radius 2 is 1.57 bits per heavy atom. The van der Waals surface area contributed by atoms with Crippen molar-refractivity contribution in [2.45, 2.75) is 25.2 Å². The van der Waals surface area contributed by atoms with Crippen LogP contribution in [0.1, 0.15) is 30.1 Å². The molecule has 2 aromatic rings. The van der Waals surface area contributed by atoms with E-state index in [1.165, 1.54) is 12.1 Å². The summed E-state index contributed by atoms with van der Waals surface area (Å²) in [6.07, 6.45) is -4.37. The molecule has 2 atom stereocenters. The Morgan fingerprint density at radius 1 is 0.952 bits per heavy atom. The van der Waals surface area contributed by atoms with Crippen molar-refractivity contribution in [1.29, 1.82) is 0 Å². The molecule has 2 aromatic carbocycles. The van der Waals surface area contributed by atoms with Crippen LogP contribution in [-0.2, 0) is 0 Å². The van der Waals surface area contributed by atoms with Gasteiger partial charge in [-0.05, 0) is 30.2 Å². The van der Waals surface area contributed by atoms with Gasteiger partial charge >= 0.3 is 6.18 Å². The molecule has 1 unspecified atom stereocenters. The number of rotatable bonds is 4. The van der Waals surface area contributed by atoms with Crippen LogP contribution < -0.4 is 5.32 Å². The summed E-state index contributed by atoms with van der Waals surface area (Å²) in [6.45, 7) is 1.69. The van der Waals surface area contributed by atoms with Crippen LogP contribution in [0.5, 0.6) is 0 Å². The lowest BCUT2D eigenvalue weighted by molar-refractivity contribution is -0.159. The largest absolute Gasteiger partial charge is 0.407 e. The highest BCUT2D eigenvalue weighted by atomic mass is 35.5. The van der Waals surface area contributed by atoms with Gasteiger partial charge in [-0.1, -0.05) is 54.1 Å². The zero-order valence-corrected chi connectivity index (χ0v) is 12.1. The second-order valence-corrected chi connectivity index (χ2v) is 5.27. The van der Waals surface area contributed by atoms with Crippen LogP contribution in [0, 0.1) is 0 Å². The monoisotopic (exact) mass is 313 g/mol. The van der Waals surface area contributed by atoms with E-state index in [0.717, 1.165) is 0 Å².